The highest BCUT2D eigenvalue weighted by atomic mass is 79.9. The summed E-state index contributed by atoms with van der Waals surface area (Å²) in [5.74, 6) is 0.156. The Kier molecular flexibility index (Phi) is 6.58. The average molecular weight is 405 g/mol. The fourth-order valence-corrected chi connectivity index (χ4v) is 2.50. The number of carbonyl (C=O) groups excluding carboxylic acids is 2. The Morgan fingerprint density at radius 2 is 1.76 bits per heavy atom. The number of anilines is 2. The third kappa shape index (κ3) is 5.60. The molecule has 0 aromatic heterocycles. The molecule has 0 aliphatic rings. The first-order valence-corrected chi connectivity index (χ1v) is 8.85. The molecule has 2 N–H and O–H groups in total. The van der Waals surface area contributed by atoms with Gasteiger partial charge in [-0.3, -0.25) is 9.59 Å². The van der Waals surface area contributed by atoms with E-state index in [1.807, 2.05) is 13.8 Å². The van der Waals surface area contributed by atoms with Gasteiger partial charge in [-0.2, -0.15) is 0 Å². The predicted molar refractivity (Wildman–Crippen MR) is 103 cm³/mol. The van der Waals surface area contributed by atoms with Crippen molar-refractivity contribution in [2.45, 2.75) is 33.3 Å². The highest BCUT2D eigenvalue weighted by molar-refractivity contribution is 9.10. The zero-order chi connectivity index (χ0) is 18.4. The summed E-state index contributed by atoms with van der Waals surface area (Å²) in [5, 5.41) is 5.61. The largest absolute Gasteiger partial charge is 0.490 e. The van der Waals surface area contributed by atoms with E-state index >= 15 is 0 Å². The summed E-state index contributed by atoms with van der Waals surface area (Å²) in [7, 11) is 0. The molecule has 0 aliphatic carbocycles. The molecule has 2 rings (SSSR count). The fourth-order valence-electron chi connectivity index (χ4n) is 2.16. The predicted octanol–water partition coefficient (Wildman–Crippen LogP) is 4.84. The first kappa shape index (κ1) is 19.0. The molecule has 2 aromatic rings. The van der Waals surface area contributed by atoms with E-state index < -0.39 is 0 Å². The molecule has 5 nitrogen and oxygen atoms in total. The van der Waals surface area contributed by atoms with Gasteiger partial charge in [0, 0.05) is 22.3 Å². The Morgan fingerprint density at radius 1 is 1.08 bits per heavy atom. The number of rotatable bonds is 6. The van der Waals surface area contributed by atoms with Gasteiger partial charge in [-0.15, -0.1) is 0 Å². The number of hydrogen-bond acceptors (Lipinski definition) is 3. The van der Waals surface area contributed by atoms with Crippen LogP contribution in [0.4, 0.5) is 11.4 Å². The Morgan fingerprint density at radius 3 is 2.40 bits per heavy atom. The number of hydrogen-bond donors (Lipinski definition) is 2. The van der Waals surface area contributed by atoms with Crippen LogP contribution in [0.15, 0.2) is 46.9 Å². The van der Waals surface area contributed by atoms with Crippen LogP contribution in [0.2, 0.25) is 0 Å². The Bertz CT molecular complexity index is 775. The maximum absolute atomic E-state index is 12.6. The molecule has 0 heterocycles. The molecule has 25 heavy (non-hydrogen) atoms. The van der Waals surface area contributed by atoms with E-state index in [0.717, 1.165) is 4.47 Å². The van der Waals surface area contributed by atoms with Crippen molar-refractivity contribution in [1.82, 2.24) is 0 Å². The number of benzene rings is 2. The van der Waals surface area contributed by atoms with Crippen molar-refractivity contribution in [3.05, 3.63) is 52.5 Å². The third-order valence-electron chi connectivity index (χ3n) is 3.28. The second-order valence-corrected chi connectivity index (χ2v) is 6.66. The number of ether oxygens (including phenoxy) is 1. The van der Waals surface area contributed by atoms with Crippen molar-refractivity contribution < 1.29 is 14.3 Å². The SMILES string of the molecule is CCC(=O)Nc1cccc(NC(=O)c2ccc(Br)cc2OC(C)C)c1. The van der Waals surface area contributed by atoms with Crippen molar-refractivity contribution in [2.75, 3.05) is 10.6 Å². The first-order valence-electron chi connectivity index (χ1n) is 8.06. The highest BCUT2D eigenvalue weighted by Gasteiger charge is 2.15. The number of amides is 2. The molecule has 0 saturated heterocycles. The molecule has 0 radical (unpaired) electrons. The minimum atomic E-state index is -0.276. The summed E-state index contributed by atoms with van der Waals surface area (Å²) in [4.78, 5) is 24.1. The lowest BCUT2D eigenvalue weighted by molar-refractivity contribution is -0.115. The van der Waals surface area contributed by atoms with Crippen molar-refractivity contribution in [3.63, 3.8) is 0 Å². The minimum absolute atomic E-state index is 0.0477. The van der Waals surface area contributed by atoms with Crippen molar-refractivity contribution in [3.8, 4) is 5.75 Å². The van der Waals surface area contributed by atoms with Gasteiger partial charge >= 0.3 is 0 Å². The summed E-state index contributed by atoms with van der Waals surface area (Å²) in [6.45, 7) is 5.59. The molecule has 0 aliphatic heterocycles. The monoisotopic (exact) mass is 404 g/mol. The van der Waals surface area contributed by atoms with Crippen LogP contribution in [0.1, 0.15) is 37.6 Å². The topological polar surface area (TPSA) is 67.4 Å². The van der Waals surface area contributed by atoms with Crippen LogP contribution in [0.5, 0.6) is 5.75 Å². The van der Waals surface area contributed by atoms with Crippen LogP contribution >= 0.6 is 15.9 Å². The molecule has 0 unspecified atom stereocenters. The summed E-state index contributed by atoms with van der Waals surface area (Å²) in [6, 6.07) is 12.3. The maximum Gasteiger partial charge on any atom is 0.259 e. The molecule has 0 saturated carbocycles. The number of nitrogens with one attached hydrogen (secondary N) is 2. The Balaban J connectivity index is 2.20. The molecule has 0 spiro atoms. The number of carbonyl (C=O) groups is 2. The molecular weight excluding hydrogens is 384 g/mol. The Hall–Kier alpha value is -2.34. The van der Waals surface area contributed by atoms with Crippen molar-refractivity contribution in [1.29, 1.82) is 0 Å². The molecule has 0 bridgehead atoms. The third-order valence-corrected chi connectivity index (χ3v) is 3.77. The van der Waals surface area contributed by atoms with E-state index in [1.54, 1.807) is 49.4 Å². The lowest BCUT2D eigenvalue weighted by Gasteiger charge is -2.15. The lowest BCUT2D eigenvalue weighted by atomic mass is 10.1. The van der Waals surface area contributed by atoms with Gasteiger partial charge in [0.15, 0.2) is 0 Å². The van der Waals surface area contributed by atoms with Crippen LogP contribution in [0.25, 0.3) is 0 Å². The number of halogens is 1. The van der Waals surface area contributed by atoms with Crippen LogP contribution in [-0.4, -0.2) is 17.9 Å². The molecule has 2 amide bonds. The summed E-state index contributed by atoms with van der Waals surface area (Å²) in [6.07, 6.45) is 0.346. The van der Waals surface area contributed by atoms with Gasteiger partial charge in [-0.25, -0.2) is 0 Å². The molecule has 6 heteroatoms. The maximum atomic E-state index is 12.6. The van der Waals surface area contributed by atoms with Crippen molar-refractivity contribution >= 4 is 39.1 Å². The smallest absolute Gasteiger partial charge is 0.259 e. The lowest BCUT2D eigenvalue weighted by Crippen LogP contribution is -2.16. The van der Waals surface area contributed by atoms with Crippen molar-refractivity contribution in [2.24, 2.45) is 0 Å². The molecule has 0 atom stereocenters. The molecule has 0 fully saturated rings. The van der Waals surface area contributed by atoms with E-state index in [9.17, 15) is 9.59 Å². The van der Waals surface area contributed by atoms with Gasteiger partial charge in [0.2, 0.25) is 5.91 Å². The van der Waals surface area contributed by atoms with Gasteiger partial charge in [0.05, 0.1) is 11.7 Å². The van der Waals surface area contributed by atoms with E-state index in [1.165, 1.54) is 0 Å². The van der Waals surface area contributed by atoms with E-state index in [4.69, 9.17) is 4.74 Å². The standard InChI is InChI=1S/C19H21BrN2O3/c1-4-18(23)21-14-6-5-7-15(11-14)22-19(24)16-9-8-13(20)10-17(16)25-12(2)3/h5-12H,4H2,1-3H3,(H,21,23)(H,22,24). The van der Waals surface area contributed by atoms with Crippen LogP contribution in [0, 0.1) is 0 Å². The molecular formula is C19H21BrN2O3. The normalized spacial score (nSPS) is 10.4. The van der Waals surface area contributed by atoms with Crippen LogP contribution in [-0.2, 0) is 4.79 Å². The minimum Gasteiger partial charge on any atom is -0.490 e. The van der Waals surface area contributed by atoms with E-state index in [-0.39, 0.29) is 17.9 Å². The average Bonchev–Trinajstić information content (AvgIpc) is 2.54. The van der Waals surface area contributed by atoms with Gasteiger partial charge in [0.1, 0.15) is 5.75 Å². The summed E-state index contributed by atoms with van der Waals surface area (Å²) < 4.78 is 6.57. The summed E-state index contributed by atoms with van der Waals surface area (Å²) in [5.41, 5.74) is 1.68. The van der Waals surface area contributed by atoms with E-state index in [2.05, 4.69) is 26.6 Å². The van der Waals surface area contributed by atoms with Gasteiger partial charge in [-0.1, -0.05) is 28.9 Å². The fraction of sp³-hybridized carbons (Fsp3) is 0.263. The molecule has 132 valence electrons. The second-order valence-electron chi connectivity index (χ2n) is 5.74. The van der Waals surface area contributed by atoms with Gasteiger partial charge in [-0.05, 0) is 50.2 Å². The zero-order valence-corrected chi connectivity index (χ0v) is 16.0. The molecule has 2 aromatic carbocycles. The van der Waals surface area contributed by atoms with Gasteiger partial charge in [0.25, 0.3) is 5.91 Å². The quantitative estimate of drug-likeness (QED) is 0.723. The van der Waals surface area contributed by atoms with Crippen LogP contribution < -0.4 is 15.4 Å². The highest BCUT2D eigenvalue weighted by Crippen LogP contribution is 2.26. The Labute approximate surface area is 155 Å². The van der Waals surface area contributed by atoms with E-state index in [0.29, 0.717) is 29.1 Å². The zero-order valence-electron chi connectivity index (χ0n) is 14.4. The first-order chi connectivity index (χ1) is 11.9. The van der Waals surface area contributed by atoms with Crippen LogP contribution in [0.3, 0.4) is 0 Å². The second kappa shape index (κ2) is 8.67. The summed E-state index contributed by atoms with van der Waals surface area (Å²) >= 11 is 3.39. The van der Waals surface area contributed by atoms with Gasteiger partial charge < -0.3 is 15.4 Å².